The number of aromatic nitrogens is 1. The Morgan fingerprint density at radius 1 is 1.26 bits per heavy atom. The molecule has 2 aromatic rings. The highest BCUT2D eigenvalue weighted by Gasteiger charge is 2.08. The Morgan fingerprint density at radius 3 is 2.65 bits per heavy atom. The maximum Gasteiger partial charge on any atom is 0.226 e. The van der Waals surface area contributed by atoms with E-state index in [0.29, 0.717) is 12.3 Å². The molecule has 0 atom stereocenters. The average molecular weight is 331 g/mol. The van der Waals surface area contributed by atoms with E-state index >= 15 is 0 Å². The lowest BCUT2D eigenvalue weighted by Gasteiger charge is -2.06. The van der Waals surface area contributed by atoms with Crippen LogP contribution in [0.5, 0.6) is 0 Å². The topological polar surface area (TPSA) is 54.0 Å². The van der Waals surface area contributed by atoms with Crippen molar-refractivity contribution < 1.29 is 4.79 Å². The van der Waals surface area contributed by atoms with Gasteiger partial charge in [0.2, 0.25) is 5.91 Å². The Labute approximate surface area is 142 Å². The Balaban J connectivity index is 1.83. The Kier molecular flexibility index (Phi) is 6.59. The van der Waals surface area contributed by atoms with Crippen LogP contribution in [0.1, 0.15) is 38.4 Å². The zero-order valence-corrected chi connectivity index (χ0v) is 14.9. The first-order valence-electron chi connectivity index (χ1n) is 8.14. The molecule has 1 aromatic heterocycles. The number of nitrogens with zero attached hydrogens (tertiary/aromatic N) is 1. The number of anilines is 2. The van der Waals surface area contributed by atoms with E-state index in [-0.39, 0.29) is 5.91 Å². The van der Waals surface area contributed by atoms with Crippen LogP contribution in [0.3, 0.4) is 0 Å². The molecule has 0 bridgehead atoms. The fourth-order valence-electron chi connectivity index (χ4n) is 2.12. The van der Waals surface area contributed by atoms with Crippen molar-refractivity contribution in [3.63, 3.8) is 0 Å². The van der Waals surface area contributed by atoms with Gasteiger partial charge in [-0.1, -0.05) is 32.9 Å². The Morgan fingerprint density at radius 2 is 2.00 bits per heavy atom. The summed E-state index contributed by atoms with van der Waals surface area (Å²) in [5.41, 5.74) is 3.14. The van der Waals surface area contributed by atoms with Gasteiger partial charge in [-0.2, -0.15) is 0 Å². The number of nitrogens with one attached hydrogen (secondary N) is 2. The number of benzene rings is 1. The molecule has 1 heterocycles. The average Bonchev–Trinajstić information content (AvgIpc) is 2.94. The molecule has 0 fully saturated rings. The molecular formula is C18H25N3OS. The van der Waals surface area contributed by atoms with Crippen LogP contribution < -0.4 is 10.6 Å². The molecule has 0 saturated heterocycles. The van der Waals surface area contributed by atoms with Crippen LogP contribution in [-0.4, -0.2) is 17.4 Å². The van der Waals surface area contributed by atoms with Crippen LogP contribution >= 0.6 is 11.3 Å². The fourth-order valence-corrected chi connectivity index (χ4v) is 2.85. The van der Waals surface area contributed by atoms with Gasteiger partial charge in [-0.15, -0.1) is 11.3 Å². The molecule has 2 rings (SSSR count). The molecule has 2 N–H and O–H groups in total. The predicted molar refractivity (Wildman–Crippen MR) is 97.4 cm³/mol. The molecular weight excluding hydrogens is 306 g/mol. The quantitative estimate of drug-likeness (QED) is 0.764. The fraction of sp³-hybridized carbons (Fsp3) is 0.444. The second-order valence-electron chi connectivity index (χ2n) is 6.03. The monoisotopic (exact) mass is 331 g/mol. The summed E-state index contributed by atoms with van der Waals surface area (Å²) >= 11 is 1.52. The molecule has 0 unspecified atom stereocenters. The van der Waals surface area contributed by atoms with E-state index in [1.165, 1.54) is 16.9 Å². The standard InChI is InChI=1S/C18H25N3OS/c1-4-14-5-7-15(8-6-14)20-18-21-16(12-23-18)11-17(22)19-10-9-13(2)3/h5-8,12-13H,4,9-11H2,1-3H3,(H,19,22)(H,20,21). The van der Waals surface area contributed by atoms with Crippen LogP contribution in [-0.2, 0) is 17.6 Å². The van der Waals surface area contributed by atoms with Crippen LogP contribution in [0.25, 0.3) is 0 Å². The minimum atomic E-state index is 0.0369. The van der Waals surface area contributed by atoms with E-state index in [9.17, 15) is 4.79 Å². The third-order valence-corrected chi connectivity index (χ3v) is 4.36. The molecule has 0 saturated carbocycles. The van der Waals surface area contributed by atoms with E-state index in [0.717, 1.165) is 35.9 Å². The van der Waals surface area contributed by atoms with Crippen molar-refractivity contribution in [2.24, 2.45) is 5.92 Å². The highest BCUT2D eigenvalue weighted by molar-refractivity contribution is 7.13. The van der Waals surface area contributed by atoms with Crippen molar-refractivity contribution in [1.82, 2.24) is 10.3 Å². The lowest BCUT2D eigenvalue weighted by Crippen LogP contribution is -2.26. The first kappa shape index (κ1) is 17.5. The van der Waals surface area contributed by atoms with Gasteiger partial charge in [-0.3, -0.25) is 4.79 Å². The van der Waals surface area contributed by atoms with Gasteiger partial charge < -0.3 is 10.6 Å². The van der Waals surface area contributed by atoms with Crippen molar-refractivity contribution in [3.05, 3.63) is 40.9 Å². The van der Waals surface area contributed by atoms with E-state index in [2.05, 4.69) is 60.7 Å². The van der Waals surface area contributed by atoms with Gasteiger partial charge in [-0.25, -0.2) is 4.98 Å². The molecule has 4 nitrogen and oxygen atoms in total. The maximum atomic E-state index is 11.9. The van der Waals surface area contributed by atoms with Gasteiger partial charge in [0.15, 0.2) is 5.13 Å². The second kappa shape index (κ2) is 8.67. The van der Waals surface area contributed by atoms with E-state index < -0.39 is 0 Å². The number of rotatable bonds is 8. The summed E-state index contributed by atoms with van der Waals surface area (Å²) in [6.45, 7) is 7.17. The molecule has 23 heavy (non-hydrogen) atoms. The summed E-state index contributed by atoms with van der Waals surface area (Å²) in [6, 6.07) is 8.33. The summed E-state index contributed by atoms with van der Waals surface area (Å²) in [5.74, 6) is 0.638. The number of carbonyl (C=O) groups is 1. The minimum Gasteiger partial charge on any atom is -0.356 e. The van der Waals surface area contributed by atoms with Gasteiger partial charge in [0.1, 0.15) is 0 Å². The van der Waals surface area contributed by atoms with Gasteiger partial charge in [0, 0.05) is 17.6 Å². The molecule has 0 aliphatic heterocycles. The van der Waals surface area contributed by atoms with Gasteiger partial charge in [0.05, 0.1) is 12.1 Å². The van der Waals surface area contributed by atoms with E-state index in [1.54, 1.807) is 0 Å². The minimum absolute atomic E-state index is 0.0369. The third-order valence-electron chi connectivity index (χ3n) is 3.55. The highest BCUT2D eigenvalue weighted by Crippen LogP contribution is 2.21. The number of hydrogen-bond acceptors (Lipinski definition) is 4. The summed E-state index contributed by atoms with van der Waals surface area (Å²) in [4.78, 5) is 16.3. The first-order valence-corrected chi connectivity index (χ1v) is 9.02. The lowest BCUT2D eigenvalue weighted by molar-refractivity contribution is -0.120. The number of amides is 1. The van der Waals surface area contributed by atoms with Gasteiger partial charge in [-0.05, 0) is 36.5 Å². The number of thiazole rings is 1. The number of carbonyl (C=O) groups excluding carboxylic acids is 1. The SMILES string of the molecule is CCc1ccc(Nc2nc(CC(=O)NCCC(C)C)cs2)cc1. The van der Waals surface area contributed by atoms with Crippen LogP contribution in [0.2, 0.25) is 0 Å². The zero-order chi connectivity index (χ0) is 16.7. The largest absolute Gasteiger partial charge is 0.356 e. The van der Waals surface area contributed by atoms with E-state index in [1.807, 2.05) is 5.38 Å². The molecule has 0 aliphatic rings. The highest BCUT2D eigenvalue weighted by atomic mass is 32.1. The lowest BCUT2D eigenvalue weighted by atomic mass is 10.1. The van der Waals surface area contributed by atoms with Crippen LogP contribution in [0.15, 0.2) is 29.6 Å². The van der Waals surface area contributed by atoms with Crippen molar-refractivity contribution in [1.29, 1.82) is 0 Å². The van der Waals surface area contributed by atoms with Crippen LogP contribution in [0.4, 0.5) is 10.8 Å². The molecule has 0 spiro atoms. The summed E-state index contributed by atoms with van der Waals surface area (Å²) in [6.07, 6.45) is 2.38. The molecule has 5 heteroatoms. The maximum absolute atomic E-state index is 11.9. The van der Waals surface area contributed by atoms with E-state index in [4.69, 9.17) is 0 Å². The van der Waals surface area contributed by atoms with Gasteiger partial charge in [0.25, 0.3) is 0 Å². The number of hydrogen-bond donors (Lipinski definition) is 2. The normalized spacial score (nSPS) is 10.8. The molecule has 1 amide bonds. The predicted octanol–water partition coefficient (Wildman–Crippen LogP) is 4.15. The molecule has 1 aromatic carbocycles. The zero-order valence-electron chi connectivity index (χ0n) is 14.1. The second-order valence-corrected chi connectivity index (χ2v) is 6.89. The molecule has 0 radical (unpaired) electrons. The Hall–Kier alpha value is -1.88. The molecule has 124 valence electrons. The van der Waals surface area contributed by atoms with Crippen molar-refractivity contribution in [2.45, 2.75) is 40.0 Å². The van der Waals surface area contributed by atoms with Crippen molar-refractivity contribution >= 4 is 28.1 Å². The van der Waals surface area contributed by atoms with Crippen molar-refractivity contribution in [2.75, 3.05) is 11.9 Å². The smallest absolute Gasteiger partial charge is 0.226 e. The molecule has 0 aliphatic carbocycles. The summed E-state index contributed by atoms with van der Waals surface area (Å²) in [5, 5.41) is 8.98. The summed E-state index contributed by atoms with van der Waals surface area (Å²) < 4.78 is 0. The first-order chi connectivity index (χ1) is 11.1. The summed E-state index contributed by atoms with van der Waals surface area (Å²) in [7, 11) is 0. The van der Waals surface area contributed by atoms with Crippen LogP contribution in [0, 0.1) is 5.92 Å². The number of aryl methyl sites for hydroxylation is 1. The van der Waals surface area contributed by atoms with Gasteiger partial charge >= 0.3 is 0 Å². The Bertz CT molecular complexity index is 619. The van der Waals surface area contributed by atoms with Crippen molar-refractivity contribution in [3.8, 4) is 0 Å². The third kappa shape index (κ3) is 6.02.